The van der Waals surface area contributed by atoms with E-state index in [4.69, 9.17) is 5.73 Å². The average Bonchev–Trinajstić information content (AvgIpc) is 2.34. The van der Waals surface area contributed by atoms with E-state index in [0.717, 1.165) is 26.2 Å². The molecule has 1 fully saturated rings. The number of nitrogens with two attached hydrogens (primary N) is 1. The van der Waals surface area contributed by atoms with Crippen LogP contribution in [-0.4, -0.2) is 43.0 Å². The van der Waals surface area contributed by atoms with Crippen LogP contribution >= 0.6 is 0 Å². The molecule has 0 aliphatic heterocycles. The molecule has 1 aliphatic carbocycles. The lowest BCUT2D eigenvalue weighted by atomic mass is 9.83. The van der Waals surface area contributed by atoms with Gasteiger partial charge in [0, 0.05) is 26.1 Å². The molecule has 2 atom stereocenters. The summed E-state index contributed by atoms with van der Waals surface area (Å²) >= 11 is 0. The molecule has 0 saturated heterocycles. The molecule has 4 heteroatoms. The Morgan fingerprint density at radius 2 is 2.12 bits per heavy atom. The van der Waals surface area contributed by atoms with Crippen LogP contribution < -0.4 is 11.1 Å². The van der Waals surface area contributed by atoms with Gasteiger partial charge in [-0.3, -0.25) is 9.69 Å². The predicted octanol–water partition coefficient (Wildman–Crippen LogP) is 0.962. The molecule has 0 spiro atoms. The van der Waals surface area contributed by atoms with Crippen molar-refractivity contribution in [1.29, 1.82) is 0 Å². The van der Waals surface area contributed by atoms with E-state index < -0.39 is 0 Å². The second kappa shape index (κ2) is 7.67. The summed E-state index contributed by atoms with van der Waals surface area (Å²) in [5.74, 6) is 0.695. The van der Waals surface area contributed by atoms with Crippen molar-refractivity contribution in [3.63, 3.8) is 0 Å². The van der Waals surface area contributed by atoms with Gasteiger partial charge in [-0.05, 0) is 31.8 Å². The third kappa shape index (κ3) is 4.64. The number of carbonyl (C=O) groups excluding carboxylic acids is 1. The number of amides is 1. The molecule has 0 heterocycles. The third-order valence-electron chi connectivity index (χ3n) is 3.82. The van der Waals surface area contributed by atoms with Crippen molar-refractivity contribution in [2.45, 2.75) is 45.6 Å². The van der Waals surface area contributed by atoms with Gasteiger partial charge in [0.1, 0.15) is 0 Å². The SMILES string of the molecule is CCN(CCNC(C)=O)C1CCCCC1CN. The lowest BCUT2D eigenvalue weighted by molar-refractivity contribution is -0.119. The van der Waals surface area contributed by atoms with E-state index in [1.165, 1.54) is 25.7 Å². The highest BCUT2D eigenvalue weighted by atomic mass is 16.1. The van der Waals surface area contributed by atoms with Gasteiger partial charge in [0.2, 0.25) is 5.91 Å². The predicted molar refractivity (Wildman–Crippen MR) is 70.7 cm³/mol. The maximum atomic E-state index is 10.9. The van der Waals surface area contributed by atoms with Crippen LogP contribution in [0, 0.1) is 5.92 Å². The summed E-state index contributed by atoms with van der Waals surface area (Å²) < 4.78 is 0. The van der Waals surface area contributed by atoms with Gasteiger partial charge in [-0.15, -0.1) is 0 Å². The highest BCUT2D eigenvalue weighted by Crippen LogP contribution is 2.27. The number of hydrogen-bond acceptors (Lipinski definition) is 3. The molecule has 100 valence electrons. The molecule has 0 radical (unpaired) electrons. The fourth-order valence-corrected chi connectivity index (χ4v) is 2.88. The fraction of sp³-hybridized carbons (Fsp3) is 0.923. The van der Waals surface area contributed by atoms with E-state index in [-0.39, 0.29) is 5.91 Å². The highest BCUT2D eigenvalue weighted by molar-refractivity contribution is 5.72. The van der Waals surface area contributed by atoms with E-state index in [0.29, 0.717) is 12.0 Å². The quantitative estimate of drug-likeness (QED) is 0.728. The molecule has 1 saturated carbocycles. The number of hydrogen-bond donors (Lipinski definition) is 2. The molecule has 1 aliphatic rings. The summed E-state index contributed by atoms with van der Waals surface area (Å²) in [5.41, 5.74) is 5.87. The van der Waals surface area contributed by atoms with Crippen molar-refractivity contribution in [3.8, 4) is 0 Å². The molecular formula is C13H27N3O. The van der Waals surface area contributed by atoms with E-state index in [2.05, 4.69) is 17.1 Å². The monoisotopic (exact) mass is 241 g/mol. The first kappa shape index (κ1) is 14.5. The van der Waals surface area contributed by atoms with E-state index in [9.17, 15) is 4.79 Å². The van der Waals surface area contributed by atoms with Crippen LogP contribution in [0.15, 0.2) is 0 Å². The van der Waals surface area contributed by atoms with Crippen LogP contribution in [-0.2, 0) is 4.79 Å². The van der Waals surface area contributed by atoms with Crippen molar-refractivity contribution < 1.29 is 4.79 Å². The zero-order valence-corrected chi connectivity index (χ0v) is 11.2. The topological polar surface area (TPSA) is 58.4 Å². The molecule has 0 aromatic heterocycles. The maximum Gasteiger partial charge on any atom is 0.216 e. The van der Waals surface area contributed by atoms with Crippen LogP contribution in [0.2, 0.25) is 0 Å². The standard InChI is InChI=1S/C13H27N3O/c1-3-16(9-8-15-11(2)17)13-7-5-4-6-12(13)10-14/h12-13H,3-10,14H2,1-2H3,(H,15,17). The second-order valence-corrected chi connectivity index (χ2v) is 4.96. The normalized spacial score (nSPS) is 24.9. The molecule has 2 unspecified atom stereocenters. The Morgan fingerprint density at radius 1 is 1.41 bits per heavy atom. The van der Waals surface area contributed by atoms with Gasteiger partial charge >= 0.3 is 0 Å². The number of carbonyl (C=O) groups is 1. The first-order valence-electron chi connectivity index (χ1n) is 6.87. The molecule has 4 nitrogen and oxygen atoms in total. The van der Waals surface area contributed by atoms with Crippen LogP contribution in [0.5, 0.6) is 0 Å². The summed E-state index contributed by atoms with van der Waals surface area (Å²) in [4.78, 5) is 13.3. The molecule has 0 bridgehead atoms. The Bertz CT molecular complexity index is 233. The van der Waals surface area contributed by atoms with Crippen LogP contribution in [0.3, 0.4) is 0 Å². The molecule has 1 rings (SSSR count). The largest absolute Gasteiger partial charge is 0.355 e. The first-order valence-corrected chi connectivity index (χ1v) is 6.87. The summed E-state index contributed by atoms with van der Waals surface area (Å²) in [6, 6.07) is 0.618. The summed E-state index contributed by atoms with van der Waals surface area (Å²) in [6.45, 7) is 7.28. The Labute approximate surface area is 105 Å². The average molecular weight is 241 g/mol. The van der Waals surface area contributed by atoms with Gasteiger partial charge in [-0.25, -0.2) is 0 Å². The Morgan fingerprint density at radius 3 is 2.71 bits per heavy atom. The number of rotatable bonds is 6. The van der Waals surface area contributed by atoms with Gasteiger partial charge in [0.15, 0.2) is 0 Å². The van der Waals surface area contributed by atoms with Crippen molar-refractivity contribution in [2.75, 3.05) is 26.2 Å². The molecule has 1 amide bonds. The zero-order chi connectivity index (χ0) is 12.7. The minimum atomic E-state index is 0.0556. The lowest BCUT2D eigenvalue weighted by Gasteiger charge is -2.39. The molecule has 0 aromatic rings. The van der Waals surface area contributed by atoms with Crippen molar-refractivity contribution in [2.24, 2.45) is 11.7 Å². The van der Waals surface area contributed by atoms with Crippen LogP contribution in [0.4, 0.5) is 0 Å². The highest BCUT2D eigenvalue weighted by Gasteiger charge is 2.27. The maximum absolute atomic E-state index is 10.9. The van der Waals surface area contributed by atoms with E-state index in [1.54, 1.807) is 6.92 Å². The smallest absolute Gasteiger partial charge is 0.216 e. The van der Waals surface area contributed by atoms with Gasteiger partial charge in [-0.1, -0.05) is 19.8 Å². The second-order valence-electron chi connectivity index (χ2n) is 4.96. The van der Waals surface area contributed by atoms with Crippen LogP contribution in [0.1, 0.15) is 39.5 Å². The van der Waals surface area contributed by atoms with Gasteiger partial charge in [0.25, 0.3) is 0 Å². The Balaban J connectivity index is 2.43. The summed E-state index contributed by atoms with van der Waals surface area (Å²) in [6.07, 6.45) is 5.16. The molecular weight excluding hydrogens is 214 g/mol. The fourth-order valence-electron chi connectivity index (χ4n) is 2.88. The van der Waals surface area contributed by atoms with Crippen molar-refractivity contribution in [1.82, 2.24) is 10.2 Å². The minimum Gasteiger partial charge on any atom is -0.355 e. The Kier molecular flexibility index (Phi) is 6.52. The zero-order valence-electron chi connectivity index (χ0n) is 11.2. The first-order chi connectivity index (χ1) is 8.19. The van der Waals surface area contributed by atoms with E-state index >= 15 is 0 Å². The van der Waals surface area contributed by atoms with Crippen molar-refractivity contribution >= 4 is 5.91 Å². The van der Waals surface area contributed by atoms with Crippen LogP contribution in [0.25, 0.3) is 0 Å². The van der Waals surface area contributed by atoms with Gasteiger partial charge < -0.3 is 11.1 Å². The Hall–Kier alpha value is -0.610. The molecule has 0 aromatic carbocycles. The lowest BCUT2D eigenvalue weighted by Crippen LogP contribution is -2.47. The summed E-state index contributed by atoms with van der Waals surface area (Å²) in [7, 11) is 0. The number of nitrogens with one attached hydrogen (secondary N) is 1. The van der Waals surface area contributed by atoms with Gasteiger partial charge in [0.05, 0.1) is 0 Å². The molecule has 17 heavy (non-hydrogen) atoms. The molecule has 3 N–H and O–H groups in total. The minimum absolute atomic E-state index is 0.0556. The van der Waals surface area contributed by atoms with Crippen molar-refractivity contribution in [3.05, 3.63) is 0 Å². The van der Waals surface area contributed by atoms with E-state index in [1.807, 2.05) is 0 Å². The third-order valence-corrected chi connectivity index (χ3v) is 3.82. The van der Waals surface area contributed by atoms with Gasteiger partial charge in [-0.2, -0.15) is 0 Å². The number of likely N-dealkylation sites (N-methyl/N-ethyl adjacent to an activating group) is 1. The summed E-state index contributed by atoms with van der Waals surface area (Å²) in [5, 5.41) is 2.87. The number of nitrogens with zero attached hydrogens (tertiary/aromatic N) is 1.